The summed E-state index contributed by atoms with van der Waals surface area (Å²) in [7, 11) is 0.108. The number of methoxy groups -OCH3 is 1. The Bertz CT molecular complexity index is 816. The summed E-state index contributed by atoms with van der Waals surface area (Å²) in [6.45, 7) is 2.48. The van der Waals surface area contributed by atoms with E-state index in [2.05, 4.69) is 15.2 Å². The van der Waals surface area contributed by atoms with Gasteiger partial charge in [0.25, 0.3) is 0 Å². The van der Waals surface area contributed by atoms with Crippen LogP contribution in [0, 0.1) is 0 Å². The molecule has 7 nitrogen and oxygen atoms in total. The highest BCUT2D eigenvalue weighted by atomic mass is 32.2. The van der Waals surface area contributed by atoms with E-state index in [1.165, 1.54) is 10.5 Å². The smallest absolute Gasteiger partial charge is 0.244 e. The summed E-state index contributed by atoms with van der Waals surface area (Å²) < 4.78 is 32.1. The molecule has 0 atom stereocenters. The number of likely N-dealkylation sites (N-methyl/N-ethyl adjacent to an activating group) is 1. The van der Waals surface area contributed by atoms with E-state index in [1.807, 2.05) is 31.3 Å². The first kappa shape index (κ1) is 17.7. The highest BCUT2D eigenvalue weighted by molar-refractivity contribution is 7.89. The third kappa shape index (κ3) is 4.09. The van der Waals surface area contributed by atoms with Gasteiger partial charge >= 0.3 is 0 Å². The number of nitrogens with one attached hydrogen (secondary N) is 1. The number of pyridine rings is 1. The van der Waals surface area contributed by atoms with Crippen molar-refractivity contribution in [2.45, 2.75) is 4.90 Å². The average molecular weight is 362 g/mol. The lowest BCUT2D eigenvalue weighted by Gasteiger charge is -2.31. The van der Waals surface area contributed by atoms with Gasteiger partial charge in [-0.3, -0.25) is 0 Å². The molecule has 0 aliphatic carbocycles. The Morgan fingerprint density at radius 3 is 2.52 bits per heavy atom. The molecule has 1 aliphatic rings. The number of hydrogen-bond donors (Lipinski definition) is 1. The molecule has 25 heavy (non-hydrogen) atoms. The van der Waals surface area contributed by atoms with Crippen molar-refractivity contribution in [3.63, 3.8) is 0 Å². The first-order valence-corrected chi connectivity index (χ1v) is 9.49. The molecular formula is C17H22N4O3S. The summed E-state index contributed by atoms with van der Waals surface area (Å²) in [5, 5.41) is 3.14. The zero-order chi connectivity index (χ0) is 17.9. The first-order chi connectivity index (χ1) is 12.0. The summed E-state index contributed by atoms with van der Waals surface area (Å²) in [4.78, 5) is 6.57. The van der Waals surface area contributed by atoms with Gasteiger partial charge in [0, 0.05) is 44.1 Å². The number of ether oxygens (including phenoxy) is 1. The molecule has 2 aromatic rings. The predicted molar refractivity (Wildman–Crippen MR) is 96.8 cm³/mol. The van der Waals surface area contributed by atoms with Crippen LogP contribution in [0.3, 0.4) is 0 Å². The van der Waals surface area contributed by atoms with E-state index in [4.69, 9.17) is 4.74 Å². The van der Waals surface area contributed by atoms with Crippen LogP contribution < -0.4 is 10.1 Å². The third-order valence-electron chi connectivity index (χ3n) is 4.18. The molecule has 1 N–H and O–H groups in total. The molecule has 1 saturated heterocycles. The molecule has 0 spiro atoms. The highest BCUT2D eigenvalue weighted by Crippen LogP contribution is 2.22. The van der Waals surface area contributed by atoms with E-state index in [0.717, 1.165) is 24.5 Å². The second-order valence-electron chi connectivity index (χ2n) is 5.94. The van der Waals surface area contributed by atoms with Gasteiger partial charge in [0.2, 0.25) is 10.0 Å². The van der Waals surface area contributed by atoms with Crippen LogP contribution in [0.15, 0.2) is 47.5 Å². The van der Waals surface area contributed by atoms with Gasteiger partial charge in [0.15, 0.2) is 0 Å². The monoisotopic (exact) mass is 362 g/mol. The number of rotatable bonds is 5. The van der Waals surface area contributed by atoms with Gasteiger partial charge in [-0.25, -0.2) is 13.4 Å². The molecule has 8 heteroatoms. The topological polar surface area (TPSA) is 74.8 Å². The van der Waals surface area contributed by atoms with E-state index < -0.39 is 10.0 Å². The molecule has 1 aromatic heterocycles. The van der Waals surface area contributed by atoms with Gasteiger partial charge in [0.05, 0.1) is 7.11 Å². The minimum absolute atomic E-state index is 0.216. The SMILES string of the molecule is COc1cccc(Nc2ccc(S(=O)(=O)N3CCN(C)CC3)cn2)c1. The third-order valence-corrected chi connectivity index (χ3v) is 6.06. The number of anilines is 2. The molecule has 0 bridgehead atoms. The zero-order valence-electron chi connectivity index (χ0n) is 14.3. The fourth-order valence-electron chi connectivity index (χ4n) is 2.63. The first-order valence-electron chi connectivity index (χ1n) is 8.05. The molecule has 1 fully saturated rings. The number of hydrogen-bond acceptors (Lipinski definition) is 6. The lowest BCUT2D eigenvalue weighted by atomic mass is 10.3. The Morgan fingerprint density at radius 1 is 1.12 bits per heavy atom. The number of benzene rings is 1. The summed E-state index contributed by atoms with van der Waals surface area (Å²) in [6, 6.07) is 10.7. The van der Waals surface area contributed by atoms with Gasteiger partial charge in [-0.15, -0.1) is 0 Å². The molecule has 0 radical (unpaired) electrons. The van der Waals surface area contributed by atoms with Gasteiger partial charge in [-0.1, -0.05) is 6.07 Å². The van der Waals surface area contributed by atoms with Crippen LogP contribution in [-0.2, 0) is 10.0 Å². The summed E-state index contributed by atoms with van der Waals surface area (Å²) in [6.07, 6.45) is 1.40. The summed E-state index contributed by atoms with van der Waals surface area (Å²) in [5.41, 5.74) is 0.821. The van der Waals surface area contributed by atoms with Gasteiger partial charge < -0.3 is 15.0 Å². The Balaban J connectivity index is 1.73. The van der Waals surface area contributed by atoms with Crippen LogP contribution in [-0.4, -0.2) is 62.9 Å². The molecule has 0 amide bonds. The fourth-order valence-corrected chi connectivity index (χ4v) is 4.00. The Kier molecular flexibility index (Phi) is 5.22. The lowest BCUT2D eigenvalue weighted by molar-refractivity contribution is 0.222. The minimum Gasteiger partial charge on any atom is -0.497 e. The Morgan fingerprint density at radius 2 is 1.88 bits per heavy atom. The van der Waals surface area contributed by atoms with Gasteiger partial charge in [0.1, 0.15) is 16.5 Å². The molecule has 134 valence electrons. The van der Waals surface area contributed by atoms with E-state index in [9.17, 15) is 8.42 Å². The van der Waals surface area contributed by atoms with Crippen molar-refractivity contribution in [1.82, 2.24) is 14.2 Å². The molecule has 0 saturated carbocycles. The van der Waals surface area contributed by atoms with Crippen LogP contribution in [0.5, 0.6) is 5.75 Å². The van der Waals surface area contributed by atoms with E-state index in [-0.39, 0.29) is 4.90 Å². The maximum Gasteiger partial charge on any atom is 0.244 e. The Labute approximate surface area is 148 Å². The number of aromatic nitrogens is 1. The van der Waals surface area contributed by atoms with Crippen molar-refractivity contribution in [1.29, 1.82) is 0 Å². The molecule has 0 unspecified atom stereocenters. The number of nitrogens with zero attached hydrogens (tertiary/aromatic N) is 3. The largest absolute Gasteiger partial charge is 0.497 e. The summed E-state index contributed by atoms with van der Waals surface area (Å²) >= 11 is 0. The number of sulfonamides is 1. The van der Waals surface area contributed by atoms with Crippen LogP contribution >= 0.6 is 0 Å². The minimum atomic E-state index is -3.49. The van der Waals surface area contributed by atoms with Crippen molar-refractivity contribution < 1.29 is 13.2 Å². The van der Waals surface area contributed by atoms with E-state index >= 15 is 0 Å². The maximum absolute atomic E-state index is 12.7. The fraction of sp³-hybridized carbons (Fsp3) is 0.353. The van der Waals surface area contributed by atoms with E-state index in [0.29, 0.717) is 18.9 Å². The maximum atomic E-state index is 12.7. The second kappa shape index (κ2) is 7.38. The zero-order valence-corrected chi connectivity index (χ0v) is 15.2. The van der Waals surface area contributed by atoms with Crippen LogP contribution in [0.2, 0.25) is 0 Å². The highest BCUT2D eigenvalue weighted by Gasteiger charge is 2.27. The van der Waals surface area contributed by atoms with Gasteiger partial charge in [-0.05, 0) is 31.3 Å². The van der Waals surface area contributed by atoms with Crippen LogP contribution in [0.4, 0.5) is 11.5 Å². The molecular weight excluding hydrogens is 340 g/mol. The van der Waals surface area contributed by atoms with Crippen molar-refractivity contribution >= 4 is 21.5 Å². The Hall–Kier alpha value is -2.16. The molecule has 2 heterocycles. The summed E-state index contributed by atoms with van der Waals surface area (Å²) in [5.74, 6) is 1.31. The predicted octanol–water partition coefficient (Wildman–Crippen LogP) is 1.77. The molecule has 1 aliphatic heterocycles. The van der Waals surface area contributed by atoms with Crippen molar-refractivity contribution in [3.8, 4) is 5.75 Å². The van der Waals surface area contributed by atoms with Crippen LogP contribution in [0.25, 0.3) is 0 Å². The molecule has 3 rings (SSSR count). The molecule has 1 aromatic carbocycles. The average Bonchev–Trinajstić information content (AvgIpc) is 2.63. The van der Waals surface area contributed by atoms with E-state index in [1.54, 1.807) is 19.2 Å². The standard InChI is InChI=1S/C17H22N4O3S/c1-20-8-10-21(11-9-20)25(22,23)16-6-7-17(18-13-16)19-14-4-3-5-15(12-14)24-2/h3-7,12-13H,8-11H2,1-2H3,(H,18,19). The van der Waals surface area contributed by atoms with Crippen molar-refractivity contribution in [2.75, 3.05) is 45.7 Å². The van der Waals surface area contributed by atoms with Crippen molar-refractivity contribution in [3.05, 3.63) is 42.6 Å². The van der Waals surface area contributed by atoms with Crippen LogP contribution in [0.1, 0.15) is 0 Å². The van der Waals surface area contributed by atoms with Crippen molar-refractivity contribution in [2.24, 2.45) is 0 Å². The number of piperazine rings is 1. The lowest BCUT2D eigenvalue weighted by Crippen LogP contribution is -2.47. The van der Waals surface area contributed by atoms with Gasteiger partial charge in [-0.2, -0.15) is 4.31 Å². The second-order valence-corrected chi connectivity index (χ2v) is 7.88. The quantitative estimate of drug-likeness (QED) is 0.874. The normalized spacial score (nSPS) is 16.6.